The molecule has 0 radical (unpaired) electrons. The van der Waals surface area contributed by atoms with Gasteiger partial charge in [0.2, 0.25) is 5.91 Å². The van der Waals surface area contributed by atoms with Gasteiger partial charge < -0.3 is 10.6 Å². The molecule has 3 heteroatoms. The van der Waals surface area contributed by atoms with Crippen molar-refractivity contribution in [2.75, 3.05) is 11.9 Å². The summed E-state index contributed by atoms with van der Waals surface area (Å²) in [6.07, 6.45) is 2.88. The predicted octanol–water partition coefficient (Wildman–Crippen LogP) is 3.42. The van der Waals surface area contributed by atoms with Gasteiger partial charge in [-0.15, -0.1) is 0 Å². The number of aryl methyl sites for hydroxylation is 2. The summed E-state index contributed by atoms with van der Waals surface area (Å²) < 4.78 is 0. The number of nitrogens with zero attached hydrogens (tertiary/aromatic N) is 1. The second-order valence-corrected chi connectivity index (χ2v) is 6.05. The van der Waals surface area contributed by atoms with Gasteiger partial charge in [-0.2, -0.15) is 0 Å². The molecule has 0 heterocycles. The zero-order valence-electron chi connectivity index (χ0n) is 13.4. The molecule has 1 aromatic carbocycles. The third kappa shape index (κ3) is 4.97. The Balaban J connectivity index is 2.65. The largest absolute Gasteiger partial charge is 0.328 e. The fourth-order valence-electron chi connectivity index (χ4n) is 2.47. The van der Waals surface area contributed by atoms with Crippen molar-refractivity contribution in [1.82, 2.24) is 0 Å². The van der Waals surface area contributed by atoms with Gasteiger partial charge >= 0.3 is 0 Å². The number of amides is 1. The molecule has 1 aromatic rings. The first-order valence-corrected chi connectivity index (χ1v) is 7.42. The summed E-state index contributed by atoms with van der Waals surface area (Å²) in [6, 6.07) is 6.45. The zero-order valence-corrected chi connectivity index (χ0v) is 13.4. The van der Waals surface area contributed by atoms with Crippen LogP contribution in [0.2, 0.25) is 0 Å². The van der Waals surface area contributed by atoms with Crippen LogP contribution in [0.3, 0.4) is 0 Å². The maximum Gasteiger partial charge on any atom is 0.229 e. The molecule has 0 aliphatic carbocycles. The third-order valence-electron chi connectivity index (χ3n) is 3.64. The van der Waals surface area contributed by atoms with Gasteiger partial charge in [0.1, 0.15) is 0 Å². The number of anilines is 1. The van der Waals surface area contributed by atoms with E-state index < -0.39 is 0 Å². The highest BCUT2D eigenvalue weighted by Crippen LogP contribution is 2.21. The van der Waals surface area contributed by atoms with Crippen LogP contribution in [0.15, 0.2) is 18.2 Å². The van der Waals surface area contributed by atoms with Crippen LogP contribution in [0.25, 0.3) is 0 Å². The Morgan fingerprint density at radius 1 is 1.15 bits per heavy atom. The lowest BCUT2D eigenvalue weighted by Crippen LogP contribution is -2.31. The molecule has 0 bridgehead atoms. The van der Waals surface area contributed by atoms with E-state index in [0.29, 0.717) is 0 Å². The Labute approximate surface area is 123 Å². The minimum atomic E-state index is 0.0413. The molecule has 0 saturated carbocycles. The highest BCUT2D eigenvalue weighted by molar-refractivity contribution is 5.94. The molecule has 0 spiro atoms. The zero-order chi connectivity index (χ0) is 15.3. The fraction of sp³-hybridized carbons (Fsp3) is 0.588. The maximum atomic E-state index is 12.4. The molecule has 2 atom stereocenters. The Hall–Kier alpha value is -1.35. The van der Waals surface area contributed by atoms with E-state index in [-0.39, 0.29) is 17.9 Å². The van der Waals surface area contributed by atoms with Crippen molar-refractivity contribution in [3.63, 3.8) is 0 Å². The van der Waals surface area contributed by atoms with Crippen LogP contribution in [0.4, 0.5) is 5.69 Å². The van der Waals surface area contributed by atoms with Gasteiger partial charge in [0.15, 0.2) is 0 Å². The van der Waals surface area contributed by atoms with Gasteiger partial charge in [0, 0.05) is 24.7 Å². The summed E-state index contributed by atoms with van der Waals surface area (Å²) in [4.78, 5) is 14.2. The molecule has 0 fully saturated rings. The molecule has 0 aliphatic rings. The van der Waals surface area contributed by atoms with Crippen LogP contribution in [0.1, 0.15) is 44.2 Å². The number of carbonyl (C=O) groups is 1. The average molecular weight is 276 g/mol. The van der Waals surface area contributed by atoms with Gasteiger partial charge in [0.25, 0.3) is 0 Å². The van der Waals surface area contributed by atoms with Gasteiger partial charge in [-0.25, -0.2) is 0 Å². The lowest BCUT2D eigenvalue weighted by atomic mass is 10.0. The maximum absolute atomic E-state index is 12.4. The lowest BCUT2D eigenvalue weighted by Gasteiger charge is -2.22. The Bertz CT molecular complexity index is 434. The van der Waals surface area contributed by atoms with E-state index in [9.17, 15) is 4.79 Å². The molecule has 20 heavy (non-hydrogen) atoms. The van der Waals surface area contributed by atoms with Crippen molar-refractivity contribution in [2.24, 2.45) is 11.7 Å². The topological polar surface area (TPSA) is 46.3 Å². The van der Waals surface area contributed by atoms with E-state index in [1.807, 2.05) is 20.9 Å². The summed E-state index contributed by atoms with van der Waals surface area (Å²) in [7, 11) is 1.86. The molecule has 0 aliphatic heterocycles. The van der Waals surface area contributed by atoms with E-state index in [4.69, 9.17) is 5.73 Å². The summed E-state index contributed by atoms with van der Waals surface area (Å²) in [5.74, 6) is 0.222. The number of hydrogen-bond donors (Lipinski definition) is 1. The molecule has 2 unspecified atom stereocenters. The standard InChI is InChI=1S/C17H28N2O/c1-12-9-13(2)11-16(10-12)19(5)17(20)14(3)7-6-8-15(4)18/h9-11,14-15H,6-8,18H2,1-5H3. The highest BCUT2D eigenvalue weighted by Gasteiger charge is 2.18. The van der Waals surface area contributed by atoms with Gasteiger partial charge in [0.05, 0.1) is 0 Å². The SMILES string of the molecule is Cc1cc(C)cc(N(C)C(=O)C(C)CCCC(C)N)c1. The number of benzene rings is 1. The Morgan fingerprint density at radius 2 is 1.70 bits per heavy atom. The van der Waals surface area contributed by atoms with Crippen LogP contribution in [0.5, 0.6) is 0 Å². The molecule has 2 N–H and O–H groups in total. The van der Waals surface area contributed by atoms with Crippen LogP contribution < -0.4 is 10.6 Å². The van der Waals surface area contributed by atoms with Gasteiger partial charge in [-0.1, -0.05) is 19.4 Å². The predicted molar refractivity (Wildman–Crippen MR) is 86.0 cm³/mol. The number of hydrogen-bond acceptors (Lipinski definition) is 2. The van der Waals surface area contributed by atoms with Crippen molar-refractivity contribution >= 4 is 11.6 Å². The monoisotopic (exact) mass is 276 g/mol. The van der Waals surface area contributed by atoms with E-state index in [2.05, 4.69) is 32.0 Å². The minimum Gasteiger partial charge on any atom is -0.328 e. The molecule has 0 saturated heterocycles. The number of nitrogens with two attached hydrogens (primary N) is 1. The molecule has 3 nitrogen and oxygen atoms in total. The lowest BCUT2D eigenvalue weighted by molar-refractivity contribution is -0.121. The van der Waals surface area contributed by atoms with Crippen LogP contribution in [-0.4, -0.2) is 19.0 Å². The van der Waals surface area contributed by atoms with Crippen molar-refractivity contribution in [2.45, 2.75) is 53.0 Å². The molecule has 1 rings (SSSR count). The molecule has 1 amide bonds. The first kappa shape index (κ1) is 16.7. The first-order chi connectivity index (χ1) is 9.31. The molecule has 112 valence electrons. The van der Waals surface area contributed by atoms with E-state index in [1.54, 1.807) is 4.90 Å². The summed E-state index contributed by atoms with van der Waals surface area (Å²) in [6.45, 7) is 8.12. The summed E-state index contributed by atoms with van der Waals surface area (Å²) in [5, 5.41) is 0. The van der Waals surface area contributed by atoms with Gasteiger partial charge in [-0.3, -0.25) is 4.79 Å². The van der Waals surface area contributed by atoms with Crippen molar-refractivity contribution in [1.29, 1.82) is 0 Å². The van der Waals surface area contributed by atoms with Crippen molar-refractivity contribution in [3.05, 3.63) is 29.3 Å². The molecular formula is C17H28N2O. The summed E-state index contributed by atoms with van der Waals surface area (Å²) in [5.41, 5.74) is 9.09. The first-order valence-electron chi connectivity index (χ1n) is 7.42. The number of carbonyl (C=O) groups excluding carboxylic acids is 1. The number of rotatable bonds is 6. The van der Waals surface area contributed by atoms with Crippen molar-refractivity contribution < 1.29 is 4.79 Å². The van der Waals surface area contributed by atoms with Gasteiger partial charge in [-0.05, 0) is 56.9 Å². The second-order valence-electron chi connectivity index (χ2n) is 6.05. The molecular weight excluding hydrogens is 248 g/mol. The second kappa shape index (κ2) is 7.44. The molecule has 0 aromatic heterocycles. The van der Waals surface area contributed by atoms with Crippen LogP contribution >= 0.6 is 0 Å². The fourth-order valence-corrected chi connectivity index (χ4v) is 2.47. The quantitative estimate of drug-likeness (QED) is 0.865. The third-order valence-corrected chi connectivity index (χ3v) is 3.64. The Kier molecular flexibility index (Phi) is 6.21. The Morgan fingerprint density at radius 3 is 2.20 bits per heavy atom. The van der Waals surface area contributed by atoms with Crippen LogP contribution in [-0.2, 0) is 4.79 Å². The van der Waals surface area contributed by atoms with Crippen LogP contribution in [0, 0.1) is 19.8 Å². The van der Waals surface area contributed by atoms with Crippen molar-refractivity contribution in [3.8, 4) is 0 Å². The van der Waals surface area contributed by atoms with E-state index in [0.717, 1.165) is 24.9 Å². The minimum absolute atomic E-state index is 0.0413. The average Bonchev–Trinajstić information content (AvgIpc) is 2.35. The normalized spacial score (nSPS) is 13.9. The smallest absolute Gasteiger partial charge is 0.229 e. The van der Waals surface area contributed by atoms with E-state index >= 15 is 0 Å². The summed E-state index contributed by atoms with van der Waals surface area (Å²) >= 11 is 0. The highest BCUT2D eigenvalue weighted by atomic mass is 16.2. The van der Waals surface area contributed by atoms with E-state index in [1.165, 1.54) is 11.1 Å².